The highest BCUT2D eigenvalue weighted by Gasteiger charge is 2.15. The molecule has 0 fully saturated rings. The summed E-state index contributed by atoms with van der Waals surface area (Å²) in [6, 6.07) is 4.32. The normalized spacial score (nSPS) is 11.8. The van der Waals surface area contributed by atoms with Crippen LogP contribution in [-0.4, -0.2) is 36.5 Å². The zero-order valence-corrected chi connectivity index (χ0v) is 14.4. The molecule has 1 rings (SSSR count). The standard InChI is InChI=1S/C14H19BrN2O3S/c1-3-20-14(19)9-4-5-12(10(15)8-9)17-13(18)11(16)6-7-21-2/h4-5,8,11H,3,6-7,16H2,1-2H3,(H,17,18)/t11-/m0/s1. The van der Waals surface area contributed by atoms with Crippen molar-refractivity contribution in [2.45, 2.75) is 19.4 Å². The van der Waals surface area contributed by atoms with Crippen molar-refractivity contribution < 1.29 is 14.3 Å². The van der Waals surface area contributed by atoms with Crippen molar-refractivity contribution in [3.8, 4) is 0 Å². The first-order chi connectivity index (χ1) is 9.99. The van der Waals surface area contributed by atoms with Gasteiger partial charge < -0.3 is 15.8 Å². The minimum absolute atomic E-state index is 0.242. The fourth-order valence-electron chi connectivity index (χ4n) is 1.56. The van der Waals surface area contributed by atoms with Crippen LogP contribution in [0.4, 0.5) is 5.69 Å². The summed E-state index contributed by atoms with van der Waals surface area (Å²) < 4.78 is 5.53. The van der Waals surface area contributed by atoms with Crippen LogP contribution >= 0.6 is 27.7 Å². The number of halogens is 1. The lowest BCUT2D eigenvalue weighted by Crippen LogP contribution is -2.36. The van der Waals surface area contributed by atoms with Crippen molar-refractivity contribution in [1.82, 2.24) is 0 Å². The quantitative estimate of drug-likeness (QED) is 0.716. The molecule has 0 spiro atoms. The number of hydrogen-bond donors (Lipinski definition) is 2. The molecule has 116 valence electrons. The third-order valence-corrected chi connectivity index (χ3v) is 4.01. The maximum absolute atomic E-state index is 11.9. The number of rotatable bonds is 7. The molecule has 0 aliphatic carbocycles. The summed E-state index contributed by atoms with van der Waals surface area (Å²) in [5.74, 6) is 0.193. The maximum atomic E-state index is 11.9. The molecule has 0 aliphatic rings. The molecule has 0 heterocycles. The number of nitrogens with one attached hydrogen (secondary N) is 1. The van der Waals surface area contributed by atoms with Gasteiger partial charge in [0.25, 0.3) is 0 Å². The van der Waals surface area contributed by atoms with Crippen molar-refractivity contribution in [2.75, 3.05) is 23.9 Å². The predicted molar refractivity (Wildman–Crippen MR) is 89.7 cm³/mol. The molecule has 0 saturated heterocycles. The molecule has 1 amide bonds. The number of carbonyl (C=O) groups excluding carboxylic acids is 2. The molecule has 1 aromatic carbocycles. The third-order valence-electron chi connectivity index (χ3n) is 2.71. The molecule has 0 unspecified atom stereocenters. The average molecular weight is 375 g/mol. The lowest BCUT2D eigenvalue weighted by molar-refractivity contribution is -0.117. The first-order valence-electron chi connectivity index (χ1n) is 6.51. The van der Waals surface area contributed by atoms with Gasteiger partial charge in [-0.2, -0.15) is 11.8 Å². The summed E-state index contributed by atoms with van der Waals surface area (Å²) in [6.07, 6.45) is 2.58. The fourth-order valence-corrected chi connectivity index (χ4v) is 2.53. The number of anilines is 1. The highest BCUT2D eigenvalue weighted by atomic mass is 79.9. The van der Waals surface area contributed by atoms with Crippen LogP contribution in [0.5, 0.6) is 0 Å². The van der Waals surface area contributed by atoms with Crippen LogP contribution < -0.4 is 11.1 Å². The van der Waals surface area contributed by atoms with Crippen molar-refractivity contribution in [2.24, 2.45) is 5.73 Å². The zero-order chi connectivity index (χ0) is 15.8. The third kappa shape index (κ3) is 5.68. The van der Waals surface area contributed by atoms with Gasteiger partial charge in [0.15, 0.2) is 0 Å². The first-order valence-corrected chi connectivity index (χ1v) is 8.70. The van der Waals surface area contributed by atoms with Crippen molar-refractivity contribution in [3.63, 3.8) is 0 Å². The largest absolute Gasteiger partial charge is 0.462 e. The Morgan fingerprint density at radius 3 is 2.76 bits per heavy atom. The van der Waals surface area contributed by atoms with Gasteiger partial charge in [-0.1, -0.05) is 0 Å². The molecule has 7 heteroatoms. The average Bonchev–Trinajstić information content (AvgIpc) is 2.46. The van der Waals surface area contributed by atoms with E-state index in [-0.39, 0.29) is 5.91 Å². The first kappa shape index (κ1) is 18.0. The van der Waals surface area contributed by atoms with E-state index in [4.69, 9.17) is 10.5 Å². The van der Waals surface area contributed by atoms with Gasteiger partial charge >= 0.3 is 5.97 Å². The highest BCUT2D eigenvalue weighted by Crippen LogP contribution is 2.24. The van der Waals surface area contributed by atoms with E-state index in [9.17, 15) is 9.59 Å². The number of esters is 1. The zero-order valence-electron chi connectivity index (χ0n) is 12.0. The Morgan fingerprint density at radius 2 is 2.19 bits per heavy atom. The highest BCUT2D eigenvalue weighted by molar-refractivity contribution is 9.10. The van der Waals surface area contributed by atoms with Gasteiger partial charge in [-0.05, 0) is 59.5 Å². The fraction of sp³-hybridized carbons (Fsp3) is 0.429. The Balaban J connectivity index is 2.72. The summed E-state index contributed by atoms with van der Waals surface area (Å²) >= 11 is 4.98. The van der Waals surface area contributed by atoms with Gasteiger partial charge in [-0.3, -0.25) is 4.79 Å². The summed E-state index contributed by atoms with van der Waals surface area (Å²) in [6.45, 7) is 2.07. The van der Waals surface area contributed by atoms with Crippen LogP contribution in [0.15, 0.2) is 22.7 Å². The Kier molecular flexibility index (Phi) is 7.77. The summed E-state index contributed by atoms with van der Waals surface area (Å²) in [7, 11) is 0. The summed E-state index contributed by atoms with van der Waals surface area (Å²) in [4.78, 5) is 23.5. The van der Waals surface area contributed by atoms with Gasteiger partial charge in [0, 0.05) is 4.47 Å². The number of hydrogen-bond acceptors (Lipinski definition) is 5. The van der Waals surface area contributed by atoms with E-state index in [0.717, 1.165) is 5.75 Å². The van der Waals surface area contributed by atoms with Crippen LogP contribution in [-0.2, 0) is 9.53 Å². The van der Waals surface area contributed by atoms with E-state index in [1.807, 2.05) is 6.26 Å². The number of ether oxygens (including phenoxy) is 1. The Labute approximate surface area is 137 Å². The van der Waals surface area contributed by atoms with E-state index in [2.05, 4.69) is 21.2 Å². The van der Waals surface area contributed by atoms with Crippen molar-refractivity contribution in [1.29, 1.82) is 0 Å². The molecule has 0 saturated carbocycles. The van der Waals surface area contributed by atoms with Gasteiger partial charge in [-0.25, -0.2) is 4.79 Å². The molecule has 21 heavy (non-hydrogen) atoms. The molecule has 5 nitrogen and oxygen atoms in total. The van der Waals surface area contributed by atoms with E-state index >= 15 is 0 Å². The van der Waals surface area contributed by atoms with Crippen LogP contribution in [0.2, 0.25) is 0 Å². The number of amides is 1. The lowest BCUT2D eigenvalue weighted by atomic mass is 10.2. The van der Waals surface area contributed by atoms with Crippen molar-refractivity contribution in [3.05, 3.63) is 28.2 Å². The van der Waals surface area contributed by atoms with Crippen LogP contribution in [0.3, 0.4) is 0 Å². The maximum Gasteiger partial charge on any atom is 0.338 e. The Bertz CT molecular complexity index is 511. The minimum atomic E-state index is -0.547. The summed E-state index contributed by atoms with van der Waals surface area (Å²) in [5, 5.41) is 2.74. The second-order valence-electron chi connectivity index (χ2n) is 4.29. The molecular formula is C14H19BrN2O3S. The monoisotopic (exact) mass is 374 g/mol. The van der Waals surface area contributed by atoms with Crippen LogP contribution in [0.25, 0.3) is 0 Å². The van der Waals surface area contributed by atoms with Gasteiger partial charge in [-0.15, -0.1) is 0 Å². The number of benzene rings is 1. The lowest BCUT2D eigenvalue weighted by Gasteiger charge is -2.13. The smallest absolute Gasteiger partial charge is 0.338 e. The van der Waals surface area contributed by atoms with Gasteiger partial charge in [0.2, 0.25) is 5.91 Å². The number of carbonyl (C=O) groups is 2. The summed E-state index contributed by atoms with van der Waals surface area (Å²) in [5.41, 5.74) is 6.81. The van der Waals surface area contributed by atoms with E-state index in [0.29, 0.717) is 28.8 Å². The second-order valence-corrected chi connectivity index (χ2v) is 6.13. The van der Waals surface area contributed by atoms with Crippen LogP contribution in [0, 0.1) is 0 Å². The van der Waals surface area contributed by atoms with E-state index in [1.165, 1.54) is 0 Å². The van der Waals surface area contributed by atoms with Gasteiger partial charge in [0.1, 0.15) is 0 Å². The predicted octanol–water partition coefficient (Wildman–Crippen LogP) is 2.64. The molecular weight excluding hydrogens is 356 g/mol. The Morgan fingerprint density at radius 1 is 1.48 bits per heavy atom. The molecule has 3 N–H and O–H groups in total. The van der Waals surface area contributed by atoms with Crippen LogP contribution in [0.1, 0.15) is 23.7 Å². The van der Waals surface area contributed by atoms with E-state index in [1.54, 1.807) is 36.9 Å². The minimum Gasteiger partial charge on any atom is -0.462 e. The topological polar surface area (TPSA) is 81.4 Å². The molecule has 1 atom stereocenters. The molecule has 0 aromatic heterocycles. The number of nitrogens with two attached hydrogens (primary N) is 1. The molecule has 0 radical (unpaired) electrons. The second kappa shape index (κ2) is 9.07. The van der Waals surface area contributed by atoms with Gasteiger partial charge in [0.05, 0.1) is 23.9 Å². The SMILES string of the molecule is CCOC(=O)c1ccc(NC(=O)[C@@H](N)CCSC)c(Br)c1. The van der Waals surface area contributed by atoms with Crippen molar-refractivity contribution >= 4 is 45.3 Å². The molecule has 0 aliphatic heterocycles. The Hall–Kier alpha value is -1.05. The molecule has 1 aromatic rings. The molecule has 0 bridgehead atoms. The van der Waals surface area contributed by atoms with E-state index < -0.39 is 12.0 Å². The number of thioether (sulfide) groups is 1.